The number of carbonyl (C=O) groups is 1. The zero-order valence-electron chi connectivity index (χ0n) is 24.3. The highest BCUT2D eigenvalue weighted by atomic mass is 19.4. The lowest BCUT2D eigenvalue weighted by Gasteiger charge is -2.13. The van der Waals surface area contributed by atoms with Crippen LogP contribution in [-0.4, -0.2) is 45.8 Å². The van der Waals surface area contributed by atoms with Gasteiger partial charge in [0.05, 0.1) is 41.9 Å². The molecule has 3 heterocycles. The number of anilines is 1. The molecule has 0 fully saturated rings. The first kappa shape index (κ1) is 32.1. The van der Waals surface area contributed by atoms with Gasteiger partial charge in [-0.2, -0.15) is 31.4 Å². The molecule has 2 aromatic carbocycles. The summed E-state index contributed by atoms with van der Waals surface area (Å²) >= 11 is 0. The van der Waals surface area contributed by atoms with Crippen molar-refractivity contribution in [3.63, 3.8) is 0 Å². The first-order valence-corrected chi connectivity index (χ1v) is 13.7. The van der Waals surface area contributed by atoms with Crippen molar-refractivity contribution in [2.45, 2.75) is 25.7 Å². The van der Waals surface area contributed by atoms with Crippen LogP contribution in [0.15, 0.2) is 66.9 Å². The lowest BCUT2D eigenvalue weighted by atomic mass is 10.1. The third-order valence-electron chi connectivity index (χ3n) is 6.92. The second kappa shape index (κ2) is 12.6. The second-order valence-electron chi connectivity index (χ2n) is 10.1. The van der Waals surface area contributed by atoms with Gasteiger partial charge in [0.1, 0.15) is 5.82 Å². The Kier molecular flexibility index (Phi) is 8.76. The summed E-state index contributed by atoms with van der Waals surface area (Å²) in [6.07, 6.45) is -7.66. The Morgan fingerprint density at radius 1 is 0.957 bits per heavy atom. The molecule has 0 bridgehead atoms. The normalized spacial score (nSPS) is 11.9. The van der Waals surface area contributed by atoms with Crippen LogP contribution in [0.2, 0.25) is 0 Å². The van der Waals surface area contributed by atoms with Crippen LogP contribution in [0.4, 0.5) is 32.2 Å². The maximum absolute atomic E-state index is 13.5. The quantitative estimate of drug-likeness (QED) is 0.137. The van der Waals surface area contributed by atoms with Gasteiger partial charge in [0.15, 0.2) is 17.1 Å². The molecule has 240 valence electrons. The van der Waals surface area contributed by atoms with Crippen molar-refractivity contribution in [3.05, 3.63) is 89.2 Å². The number of benzene rings is 2. The fourth-order valence-corrected chi connectivity index (χ4v) is 4.70. The SMILES string of the molecule is COc1cc(-c2ccc3nc(C)c(-c4cnc(N)c(C(F)(F)F)c4)n3n2)ccc1OCCCNC(=O)c1cccc(C(F)(F)F)c1. The molecule has 0 aliphatic rings. The minimum absolute atomic E-state index is 0.103. The molecule has 0 saturated carbocycles. The van der Waals surface area contributed by atoms with Crippen molar-refractivity contribution >= 4 is 17.4 Å². The van der Waals surface area contributed by atoms with Crippen LogP contribution < -0.4 is 20.5 Å². The van der Waals surface area contributed by atoms with E-state index >= 15 is 0 Å². The van der Waals surface area contributed by atoms with E-state index < -0.39 is 35.2 Å². The number of carbonyl (C=O) groups excluding carboxylic acids is 1. The molecule has 0 unspecified atom stereocenters. The minimum Gasteiger partial charge on any atom is -0.493 e. The van der Waals surface area contributed by atoms with Crippen LogP contribution >= 0.6 is 0 Å². The van der Waals surface area contributed by atoms with Crippen molar-refractivity contribution in [1.82, 2.24) is 24.9 Å². The van der Waals surface area contributed by atoms with Crippen LogP contribution in [0.25, 0.3) is 28.2 Å². The third kappa shape index (κ3) is 6.82. The van der Waals surface area contributed by atoms with Gasteiger partial charge < -0.3 is 20.5 Å². The largest absolute Gasteiger partial charge is 0.493 e. The molecule has 5 rings (SSSR count). The Bertz CT molecular complexity index is 1900. The fraction of sp³-hybridized carbons (Fsp3) is 0.226. The highest BCUT2D eigenvalue weighted by molar-refractivity contribution is 5.94. The van der Waals surface area contributed by atoms with E-state index in [1.54, 1.807) is 37.3 Å². The second-order valence-corrected chi connectivity index (χ2v) is 10.1. The molecule has 9 nitrogen and oxygen atoms in total. The lowest BCUT2D eigenvalue weighted by Crippen LogP contribution is -2.26. The molecule has 3 aromatic heterocycles. The molecule has 0 aliphatic heterocycles. The molecule has 0 spiro atoms. The van der Waals surface area contributed by atoms with E-state index in [4.69, 9.17) is 15.2 Å². The summed E-state index contributed by atoms with van der Waals surface area (Å²) in [6, 6.07) is 13.5. The Morgan fingerprint density at radius 2 is 1.74 bits per heavy atom. The molecule has 0 saturated heterocycles. The van der Waals surface area contributed by atoms with E-state index in [0.717, 1.165) is 18.2 Å². The van der Waals surface area contributed by atoms with E-state index in [1.807, 2.05) is 0 Å². The molecular formula is C31H26F6N6O3. The number of methoxy groups -OCH3 is 1. The van der Waals surface area contributed by atoms with Crippen molar-refractivity contribution in [1.29, 1.82) is 0 Å². The molecule has 3 N–H and O–H groups in total. The highest BCUT2D eigenvalue weighted by Crippen LogP contribution is 2.37. The fourth-order valence-electron chi connectivity index (χ4n) is 4.70. The van der Waals surface area contributed by atoms with Gasteiger partial charge in [0.2, 0.25) is 0 Å². The average molecular weight is 645 g/mol. The molecule has 0 radical (unpaired) electrons. The number of ether oxygens (including phenoxy) is 2. The Labute approximate surface area is 258 Å². The van der Waals surface area contributed by atoms with Crippen molar-refractivity contribution in [3.8, 4) is 34.0 Å². The van der Waals surface area contributed by atoms with Crippen molar-refractivity contribution < 1.29 is 40.6 Å². The summed E-state index contributed by atoms with van der Waals surface area (Å²) in [5, 5.41) is 7.19. The van der Waals surface area contributed by atoms with Gasteiger partial charge in [0, 0.05) is 29.4 Å². The zero-order chi connectivity index (χ0) is 33.2. The Hall–Kier alpha value is -5.34. The topological polar surface area (TPSA) is 117 Å². The van der Waals surface area contributed by atoms with Gasteiger partial charge in [-0.1, -0.05) is 6.07 Å². The Balaban J connectivity index is 1.28. The summed E-state index contributed by atoms with van der Waals surface area (Å²) in [6.45, 7) is 1.97. The number of aromatic nitrogens is 4. The number of aryl methyl sites for hydroxylation is 1. The van der Waals surface area contributed by atoms with Crippen molar-refractivity contribution in [2.75, 3.05) is 26.0 Å². The predicted octanol–water partition coefficient (Wildman–Crippen LogP) is 6.59. The summed E-state index contributed by atoms with van der Waals surface area (Å²) in [4.78, 5) is 20.4. The van der Waals surface area contributed by atoms with Gasteiger partial charge in [-0.15, -0.1) is 0 Å². The van der Waals surface area contributed by atoms with Crippen LogP contribution in [0.1, 0.15) is 33.6 Å². The summed E-state index contributed by atoms with van der Waals surface area (Å²) < 4.78 is 92.0. The number of pyridine rings is 1. The number of halogens is 6. The third-order valence-corrected chi connectivity index (χ3v) is 6.92. The number of imidazole rings is 1. The van der Waals surface area contributed by atoms with E-state index in [1.165, 1.54) is 30.0 Å². The van der Waals surface area contributed by atoms with Crippen molar-refractivity contribution in [2.24, 2.45) is 0 Å². The molecular weight excluding hydrogens is 618 g/mol. The van der Waals surface area contributed by atoms with Gasteiger partial charge in [-0.25, -0.2) is 14.5 Å². The molecule has 0 aliphatic carbocycles. The van der Waals surface area contributed by atoms with E-state index in [2.05, 4.69) is 20.4 Å². The number of fused-ring (bicyclic) bond motifs is 1. The van der Waals surface area contributed by atoms with Gasteiger partial charge >= 0.3 is 12.4 Å². The summed E-state index contributed by atoms with van der Waals surface area (Å²) in [5.41, 5.74) is 5.80. The average Bonchev–Trinajstić information content (AvgIpc) is 3.35. The monoisotopic (exact) mass is 644 g/mol. The number of hydrogen-bond donors (Lipinski definition) is 2. The number of rotatable bonds is 9. The van der Waals surface area contributed by atoms with Crippen LogP contribution in [0.5, 0.6) is 11.5 Å². The van der Waals surface area contributed by atoms with Crippen LogP contribution in [0, 0.1) is 6.92 Å². The standard InChI is InChI=1S/C31H26F6N6O3/c1-17-27(20-14-22(31(35,36)37)28(38)40-16-20)43-26(41-17)10-8-23(42-43)18-7-9-24(25(15-18)45-2)46-12-4-11-39-29(44)19-5-3-6-21(13-19)30(32,33)34/h3,5-10,13-16H,4,11-12H2,1-2H3,(H2,38,40)(H,39,44). The number of hydrogen-bond acceptors (Lipinski definition) is 7. The smallest absolute Gasteiger partial charge is 0.419 e. The number of amides is 1. The summed E-state index contributed by atoms with van der Waals surface area (Å²) in [5.74, 6) is -0.511. The molecule has 46 heavy (non-hydrogen) atoms. The number of nitrogens with zero attached hydrogens (tertiary/aromatic N) is 4. The first-order chi connectivity index (χ1) is 21.8. The van der Waals surface area contributed by atoms with E-state index in [-0.39, 0.29) is 24.3 Å². The van der Waals surface area contributed by atoms with E-state index in [0.29, 0.717) is 46.2 Å². The molecule has 0 atom stereocenters. The maximum atomic E-state index is 13.5. The van der Waals surface area contributed by atoms with Crippen LogP contribution in [-0.2, 0) is 12.4 Å². The van der Waals surface area contributed by atoms with E-state index in [9.17, 15) is 31.1 Å². The highest BCUT2D eigenvalue weighted by Gasteiger charge is 2.34. The minimum atomic E-state index is -4.69. The number of nitrogens with two attached hydrogens (primary N) is 1. The van der Waals surface area contributed by atoms with Crippen LogP contribution in [0.3, 0.4) is 0 Å². The maximum Gasteiger partial charge on any atom is 0.419 e. The predicted molar refractivity (Wildman–Crippen MR) is 156 cm³/mol. The number of nitrogens with one attached hydrogen (secondary N) is 1. The zero-order valence-corrected chi connectivity index (χ0v) is 24.3. The lowest BCUT2D eigenvalue weighted by molar-refractivity contribution is -0.138. The molecule has 15 heteroatoms. The van der Waals surface area contributed by atoms with Gasteiger partial charge in [-0.3, -0.25) is 4.79 Å². The molecule has 1 amide bonds. The van der Waals surface area contributed by atoms with Gasteiger partial charge in [0.25, 0.3) is 5.91 Å². The number of alkyl halides is 6. The summed E-state index contributed by atoms with van der Waals surface area (Å²) in [7, 11) is 1.45. The molecule has 5 aromatic rings. The number of nitrogen functional groups attached to an aromatic ring is 1. The van der Waals surface area contributed by atoms with Gasteiger partial charge in [-0.05, 0) is 67.9 Å². The first-order valence-electron chi connectivity index (χ1n) is 13.7. The Morgan fingerprint density at radius 3 is 2.46 bits per heavy atom.